The van der Waals surface area contributed by atoms with Gasteiger partial charge in [0.05, 0.1) is 0 Å². The highest BCUT2D eigenvalue weighted by Crippen LogP contribution is 2.32. The average molecular weight is 388 g/mol. The van der Waals surface area contributed by atoms with E-state index in [1.807, 2.05) is 0 Å². The van der Waals surface area contributed by atoms with E-state index < -0.39 is 15.5 Å². The minimum absolute atomic E-state index is 0.693. The number of hydrogen-bond acceptors (Lipinski definition) is 3. The second-order valence-electron chi connectivity index (χ2n) is 8.97. The molecule has 1 aliphatic rings. The van der Waals surface area contributed by atoms with Crippen LogP contribution in [-0.2, 0) is 4.43 Å². The van der Waals surface area contributed by atoms with Crippen LogP contribution in [0.1, 0.15) is 52.4 Å². The number of allylic oxidation sites excluding steroid dienone is 1. The molecule has 0 saturated carbocycles. The molecule has 0 aromatic heterocycles. The predicted molar refractivity (Wildman–Crippen MR) is 117 cm³/mol. The summed E-state index contributed by atoms with van der Waals surface area (Å²) in [4.78, 5) is 2.65. The Hall–Kier alpha value is 0.124. The monoisotopic (exact) mass is 387 g/mol. The molecule has 0 aromatic carbocycles. The molecule has 1 heterocycles. The Morgan fingerprint density at radius 2 is 1.79 bits per heavy atom. The van der Waals surface area contributed by atoms with Crippen molar-refractivity contribution in [2.24, 2.45) is 0 Å². The lowest BCUT2D eigenvalue weighted by atomic mass is 10.1. The fourth-order valence-corrected chi connectivity index (χ4v) is 7.30. The Labute approximate surface area is 157 Å². The maximum atomic E-state index is 6.65. The zero-order chi connectivity index (χ0) is 18.4. The first-order chi connectivity index (χ1) is 11.1. The molecule has 0 aliphatic carbocycles. The van der Waals surface area contributed by atoms with Crippen molar-refractivity contribution in [3.63, 3.8) is 0 Å². The van der Waals surface area contributed by atoms with E-state index in [4.69, 9.17) is 4.43 Å². The van der Waals surface area contributed by atoms with E-state index in [1.54, 1.807) is 5.57 Å². The Morgan fingerprint density at radius 1 is 1.12 bits per heavy atom. The second kappa shape index (κ2) is 9.72. The zero-order valence-corrected chi connectivity index (χ0v) is 20.3. The molecular formula is C19H41NOSSi2. The number of rotatable bonds is 10. The minimum Gasteiger partial charge on any atom is -0.533 e. The summed E-state index contributed by atoms with van der Waals surface area (Å²) in [6, 6.07) is 0.693. The highest BCUT2D eigenvalue weighted by Gasteiger charge is 2.31. The third-order valence-electron chi connectivity index (χ3n) is 4.31. The highest BCUT2D eigenvalue weighted by atomic mass is 32.4. The van der Waals surface area contributed by atoms with E-state index in [2.05, 4.69) is 69.2 Å². The van der Waals surface area contributed by atoms with Crippen LogP contribution in [0, 0.1) is 0 Å². The largest absolute Gasteiger partial charge is 0.533 e. The fourth-order valence-electron chi connectivity index (χ4n) is 3.26. The van der Waals surface area contributed by atoms with Gasteiger partial charge in [-0.25, -0.2) is 0 Å². The standard InChI is InChI=1S/C19H41NOSSi2/c1-9-12-17(10-2)19(21-23(3,4)5)20-15-11-13-18(20)14-16-22-24(6,7)8/h18H,9-16H2,1-8H3/b19-17+/t18-/m0/s1. The van der Waals surface area contributed by atoms with Gasteiger partial charge in [0.15, 0.2) is 5.88 Å². The molecule has 1 saturated heterocycles. The molecule has 5 heteroatoms. The Kier molecular flexibility index (Phi) is 8.98. The summed E-state index contributed by atoms with van der Waals surface area (Å²) in [6.07, 6.45) is 7.50. The van der Waals surface area contributed by atoms with Gasteiger partial charge in [0.2, 0.25) is 8.32 Å². The second-order valence-corrected chi connectivity index (χ2v) is 22.9. The summed E-state index contributed by atoms with van der Waals surface area (Å²) in [5, 5.41) is 0. The molecule has 1 fully saturated rings. The van der Waals surface area contributed by atoms with Crippen molar-refractivity contribution in [3.8, 4) is 0 Å². The Morgan fingerprint density at radius 3 is 2.29 bits per heavy atom. The number of hydrogen-bond donors (Lipinski definition) is 0. The molecule has 1 aliphatic heterocycles. The third kappa shape index (κ3) is 8.00. The van der Waals surface area contributed by atoms with Crippen LogP contribution in [-0.4, -0.2) is 38.8 Å². The summed E-state index contributed by atoms with van der Waals surface area (Å²) >= 11 is 2.24. The summed E-state index contributed by atoms with van der Waals surface area (Å²) in [5.74, 6) is 2.59. The van der Waals surface area contributed by atoms with Gasteiger partial charge in [-0.1, -0.05) is 39.9 Å². The first kappa shape index (κ1) is 22.2. The summed E-state index contributed by atoms with van der Waals surface area (Å²) in [5.41, 5.74) is 1.55. The minimum atomic E-state index is -1.58. The topological polar surface area (TPSA) is 12.5 Å². The molecule has 1 rings (SSSR count). The van der Waals surface area contributed by atoms with E-state index in [-0.39, 0.29) is 0 Å². The summed E-state index contributed by atoms with van der Waals surface area (Å²) in [6.45, 7) is 20.1. The van der Waals surface area contributed by atoms with E-state index in [0.29, 0.717) is 6.04 Å². The van der Waals surface area contributed by atoms with Crippen molar-refractivity contribution < 1.29 is 4.43 Å². The van der Waals surface area contributed by atoms with Gasteiger partial charge >= 0.3 is 0 Å². The quantitative estimate of drug-likeness (QED) is 0.306. The Balaban J connectivity index is 2.90. The summed E-state index contributed by atoms with van der Waals surface area (Å²) in [7, 11) is -2.58. The fraction of sp³-hybridized carbons (Fsp3) is 0.895. The maximum Gasteiger partial charge on any atom is 0.244 e. The smallest absolute Gasteiger partial charge is 0.244 e. The van der Waals surface area contributed by atoms with E-state index in [0.717, 1.165) is 6.42 Å². The molecule has 1 atom stereocenters. The molecule has 142 valence electrons. The van der Waals surface area contributed by atoms with Gasteiger partial charge in [0, 0.05) is 12.6 Å². The number of likely N-dealkylation sites (tertiary alicyclic amines) is 1. The van der Waals surface area contributed by atoms with E-state index in [9.17, 15) is 0 Å². The van der Waals surface area contributed by atoms with Gasteiger partial charge in [-0.2, -0.15) is 11.2 Å². The first-order valence-electron chi connectivity index (χ1n) is 9.89. The Bertz CT molecular complexity index is 413. The lowest BCUT2D eigenvalue weighted by Crippen LogP contribution is -2.37. The van der Waals surface area contributed by atoms with Crippen LogP contribution in [0.25, 0.3) is 0 Å². The van der Waals surface area contributed by atoms with Gasteiger partial charge in [-0.15, -0.1) is 0 Å². The van der Waals surface area contributed by atoms with Crippen molar-refractivity contribution >= 4 is 26.8 Å². The molecule has 0 amide bonds. The molecule has 0 aromatic rings. The average Bonchev–Trinajstić information content (AvgIpc) is 2.88. The zero-order valence-electron chi connectivity index (χ0n) is 17.5. The van der Waals surface area contributed by atoms with Crippen molar-refractivity contribution in [1.29, 1.82) is 0 Å². The van der Waals surface area contributed by atoms with Crippen molar-refractivity contribution in [2.45, 2.75) is 97.7 Å². The number of nitrogens with zero attached hydrogens (tertiary/aromatic N) is 1. The lowest BCUT2D eigenvalue weighted by molar-refractivity contribution is 0.188. The van der Waals surface area contributed by atoms with Crippen LogP contribution in [0.15, 0.2) is 11.5 Å². The normalized spacial score (nSPS) is 20.3. The van der Waals surface area contributed by atoms with Crippen LogP contribution in [0.2, 0.25) is 39.3 Å². The van der Waals surface area contributed by atoms with E-state index >= 15 is 0 Å². The van der Waals surface area contributed by atoms with Gasteiger partial charge in [-0.3, -0.25) is 0 Å². The summed E-state index contributed by atoms with van der Waals surface area (Å²) < 4.78 is 6.65. The molecular weight excluding hydrogens is 346 g/mol. The SMILES string of the molecule is CCC/C(CC)=C(/O[Si](C)(C)C)N1CCC[C@H]1CCS[Si](C)(C)C. The maximum absolute atomic E-state index is 6.65. The van der Waals surface area contributed by atoms with Crippen LogP contribution >= 0.6 is 11.2 Å². The van der Waals surface area contributed by atoms with Crippen molar-refractivity contribution in [3.05, 3.63) is 11.5 Å². The molecule has 2 nitrogen and oxygen atoms in total. The molecule has 0 N–H and O–H groups in total. The molecule has 0 radical (unpaired) electrons. The van der Waals surface area contributed by atoms with Gasteiger partial charge in [-0.05, 0) is 63.1 Å². The van der Waals surface area contributed by atoms with Crippen LogP contribution < -0.4 is 0 Å². The lowest BCUT2D eigenvalue weighted by Gasteiger charge is -2.35. The third-order valence-corrected chi connectivity index (χ3v) is 9.63. The molecule has 0 unspecified atom stereocenters. The van der Waals surface area contributed by atoms with Gasteiger partial charge in [0.1, 0.15) is 7.22 Å². The van der Waals surface area contributed by atoms with Crippen molar-refractivity contribution in [1.82, 2.24) is 4.90 Å². The van der Waals surface area contributed by atoms with Crippen molar-refractivity contribution in [2.75, 3.05) is 12.3 Å². The highest BCUT2D eigenvalue weighted by molar-refractivity contribution is 8.28. The molecule has 0 spiro atoms. The molecule has 0 bridgehead atoms. The van der Waals surface area contributed by atoms with Gasteiger partial charge < -0.3 is 9.33 Å². The van der Waals surface area contributed by atoms with E-state index in [1.165, 1.54) is 50.3 Å². The van der Waals surface area contributed by atoms with Crippen LogP contribution in [0.3, 0.4) is 0 Å². The van der Waals surface area contributed by atoms with Gasteiger partial charge in [0.25, 0.3) is 0 Å². The first-order valence-corrected chi connectivity index (χ1v) is 18.5. The predicted octanol–water partition coefficient (Wildman–Crippen LogP) is 6.68. The van der Waals surface area contributed by atoms with Crippen LogP contribution in [0.5, 0.6) is 0 Å². The van der Waals surface area contributed by atoms with Crippen LogP contribution in [0.4, 0.5) is 0 Å². The molecule has 24 heavy (non-hydrogen) atoms.